The number of rotatable bonds is 4. The molecule has 126 valence electrons. The lowest BCUT2D eigenvalue weighted by Gasteiger charge is -2.24. The Balaban J connectivity index is 1.74. The largest absolute Gasteiger partial charge is 0.352 e. The monoisotopic (exact) mass is 344 g/mol. The third-order valence-corrected chi connectivity index (χ3v) is 5.10. The first-order chi connectivity index (χ1) is 11.6. The van der Waals surface area contributed by atoms with Gasteiger partial charge in [-0.15, -0.1) is 11.3 Å². The van der Waals surface area contributed by atoms with Crippen LogP contribution in [0.15, 0.2) is 23.8 Å². The summed E-state index contributed by atoms with van der Waals surface area (Å²) in [7, 11) is 0. The van der Waals surface area contributed by atoms with Crippen LogP contribution in [0.1, 0.15) is 52.4 Å². The number of hydrogen-bond acceptors (Lipinski definition) is 5. The van der Waals surface area contributed by atoms with Crippen LogP contribution in [0, 0.1) is 6.92 Å². The minimum Gasteiger partial charge on any atom is -0.352 e. The Morgan fingerprint density at radius 3 is 2.83 bits per heavy atom. The molecular formula is C17H20N4O2S. The summed E-state index contributed by atoms with van der Waals surface area (Å²) in [5.41, 5.74) is 4.34. The van der Waals surface area contributed by atoms with Crippen molar-refractivity contribution >= 4 is 23.2 Å². The van der Waals surface area contributed by atoms with Gasteiger partial charge in [0.2, 0.25) is 5.91 Å². The number of thiazole rings is 1. The van der Waals surface area contributed by atoms with Crippen LogP contribution >= 0.6 is 11.3 Å². The summed E-state index contributed by atoms with van der Waals surface area (Å²) < 4.78 is 0. The van der Waals surface area contributed by atoms with E-state index in [0.29, 0.717) is 11.4 Å². The zero-order chi connectivity index (χ0) is 17.1. The predicted octanol–water partition coefficient (Wildman–Crippen LogP) is 2.46. The Bertz CT molecular complexity index is 741. The fourth-order valence-electron chi connectivity index (χ4n) is 2.92. The molecule has 0 unspecified atom stereocenters. The molecule has 1 N–H and O–H groups in total. The van der Waals surface area contributed by atoms with Crippen LogP contribution in [0.2, 0.25) is 0 Å². The number of nitrogens with one attached hydrogen (secondary N) is 1. The number of aromatic nitrogens is 2. The van der Waals surface area contributed by atoms with Gasteiger partial charge in [0.25, 0.3) is 5.91 Å². The Morgan fingerprint density at radius 2 is 2.21 bits per heavy atom. The van der Waals surface area contributed by atoms with E-state index >= 15 is 0 Å². The molecule has 1 fully saturated rings. The normalized spacial score (nSPS) is 17.1. The smallest absolute Gasteiger partial charge is 0.266 e. The molecule has 2 aromatic heterocycles. The number of amides is 2. The number of likely N-dealkylation sites (tertiary alicyclic amines) is 1. The fourth-order valence-corrected chi connectivity index (χ4v) is 3.68. The van der Waals surface area contributed by atoms with Crippen LogP contribution in [-0.2, 0) is 11.3 Å². The van der Waals surface area contributed by atoms with Gasteiger partial charge in [-0.3, -0.25) is 14.6 Å². The lowest BCUT2D eigenvalue weighted by molar-refractivity contribution is -0.119. The minimum absolute atomic E-state index is 0.00816. The Hall–Kier alpha value is -2.28. The first-order valence-corrected chi connectivity index (χ1v) is 8.84. The molecule has 6 nitrogen and oxygen atoms in total. The lowest BCUT2D eigenvalue weighted by atomic mass is 10.1. The van der Waals surface area contributed by atoms with Crippen molar-refractivity contribution in [2.24, 2.45) is 0 Å². The van der Waals surface area contributed by atoms with E-state index < -0.39 is 0 Å². The third-order valence-electron chi connectivity index (χ3n) is 4.18. The second-order valence-electron chi connectivity index (χ2n) is 5.92. The van der Waals surface area contributed by atoms with E-state index in [1.807, 2.05) is 24.0 Å². The molecule has 1 atom stereocenters. The van der Waals surface area contributed by atoms with Crippen molar-refractivity contribution in [1.82, 2.24) is 20.2 Å². The first-order valence-electron chi connectivity index (χ1n) is 7.96. The molecule has 2 amide bonds. The topological polar surface area (TPSA) is 75.2 Å². The van der Waals surface area contributed by atoms with Crippen LogP contribution in [0.3, 0.4) is 0 Å². The maximum Gasteiger partial charge on any atom is 0.266 e. The van der Waals surface area contributed by atoms with Crippen LogP contribution < -0.4 is 5.32 Å². The van der Waals surface area contributed by atoms with Crippen molar-refractivity contribution in [3.8, 4) is 0 Å². The molecular weight excluding hydrogens is 324 g/mol. The maximum atomic E-state index is 12.8. The first kappa shape index (κ1) is 16.6. The van der Waals surface area contributed by atoms with E-state index in [2.05, 4.69) is 15.3 Å². The molecule has 0 saturated carbocycles. The zero-order valence-corrected chi connectivity index (χ0v) is 14.6. The summed E-state index contributed by atoms with van der Waals surface area (Å²) >= 11 is 1.39. The van der Waals surface area contributed by atoms with Gasteiger partial charge in [0.15, 0.2) is 0 Å². The molecule has 1 saturated heterocycles. The molecule has 3 rings (SSSR count). The third kappa shape index (κ3) is 3.46. The maximum absolute atomic E-state index is 12.8. The van der Waals surface area contributed by atoms with E-state index in [4.69, 9.17) is 0 Å². The standard InChI is InChI=1S/C17H20N4O2S/c1-11-16(24-10-20-11)17(23)21-7-3-4-15(21)14-6-5-13(9-19-14)8-18-12(2)22/h5-6,9-10,15H,3-4,7-8H2,1-2H3,(H,18,22)/t15-/m1/s1. The summed E-state index contributed by atoms with van der Waals surface area (Å²) in [6.07, 6.45) is 3.66. The van der Waals surface area contributed by atoms with Gasteiger partial charge in [0, 0.05) is 26.2 Å². The Kier molecular flexibility index (Phi) is 4.89. The number of aryl methyl sites for hydroxylation is 1. The molecule has 0 bridgehead atoms. The highest BCUT2D eigenvalue weighted by Gasteiger charge is 2.32. The van der Waals surface area contributed by atoms with Gasteiger partial charge in [-0.05, 0) is 31.4 Å². The van der Waals surface area contributed by atoms with Crippen molar-refractivity contribution in [2.45, 2.75) is 39.3 Å². The highest BCUT2D eigenvalue weighted by molar-refractivity contribution is 7.11. The van der Waals surface area contributed by atoms with Crippen molar-refractivity contribution in [3.63, 3.8) is 0 Å². The van der Waals surface area contributed by atoms with Crippen LogP contribution in [0.4, 0.5) is 0 Å². The van der Waals surface area contributed by atoms with Gasteiger partial charge in [-0.1, -0.05) is 6.07 Å². The highest BCUT2D eigenvalue weighted by atomic mass is 32.1. The van der Waals surface area contributed by atoms with Crippen LogP contribution in [0.25, 0.3) is 0 Å². The summed E-state index contributed by atoms with van der Waals surface area (Å²) in [5, 5.41) is 2.75. The number of nitrogens with zero attached hydrogens (tertiary/aromatic N) is 3. The van der Waals surface area contributed by atoms with E-state index in [-0.39, 0.29) is 17.9 Å². The average molecular weight is 344 g/mol. The molecule has 24 heavy (non-hydrogen) atoms. The van der Waals surface area contributed by atoms with Crippen molar-refractivity contribution < 1.29 is 9.59 Å². The average Bonchev–Trinajstić information content (AvgIpc) is 3.21. The van der Waals surface area contributed by atoms with Crippen molar-refractivity contribution in [1.29, 1.82) is 0 Å². The number of hydrogen-bond donors (Lipinski definition) is 1. The number of carbonyl (C=O) groups excluding carboxylic acids is 2. The molecule has 1 aliphatic rings. The predicted molar refractivity (Wildman–Crippen MR) is 91.6 cm³/mol. The second kappa shape index (κ2) is 7.09. The lowest BCUT2D eigenvalue weighted by Crippen LogP contribution is -2.31. The highest BCUT2D eigenvalue weighted by Crippen LogP contribution is 2.33. The van der Waals surface area contributed by atoms with Gasteiger partial charge in [-0.25, -0.2) is 4.98 Å². The molecule has 2 aromatic rings. The van der Waals surface area contributed by atoms with E-state index in [1.54, 1.807) is 11.7 Å². The van der Waals surface area contributed by atoms with Crippen LogP contribution in [-0.4, -0.2) is 33.2 Å². The summed E-state index contributed by atoms with van der Waals surface area (Å²) in [5.74, 6) is -0.0202. The van der Waals surface area contributed by atoms with Gasteiger partial charge in [-0.2, -0.15) is 0 Å². The molecule has 0 radical (unpaired) electrons. The number of pyridine rings is 1. The molecule has 0 spiro atoms. The van der Waals surface area contributed by atoms with Crippen molar-refractivity contribution in [2.75, 3.05) is 6.54 Å². The number of carbonyl (C=O) groups is 2. The Labute approximate surface area is 144 Å². The minimum atomic E-state index is -0.0634. The molecule has 0 aliphatic carbocycles. The molecule has 3 heterocycles. The second-order valence-corrected chi connectivity index (χ2v) is 6.78. The Morgan fingerprint density at radius 1 is 1.38 bits per heavy atom. The SMILES string of the molecule is CC(=O)NCc1ccc([C@H]2CCCN2C(=O)c2scnc2C)nc1. The zero-order valence-electron chi connectivity index (χ0n) is 13.8. The van der Waals surface area contributed by atoms with E-state index in [9.17, 15) is 9.59 Å². The van der Waals surface area contributed by atoms with Gasteiger partial charge in [0.1, 0.15) is 4.88 Å². The van der Waals surface area contributed by atoms with Crippen LogP contribution in [0.5, 0.6) is 0 Å². The summed E-state index contributed by atoms with van der Waals surface area (Å²) in [4.78, 5) is 35.1. The van der Waals surface area contributed by atoms with Crippen molar-refractivity contribution in [3.05, 3.63) is 45.7 Å². The molecule has 0 aromatic carbocycles. The van der Waals surface area contributed by atoms with Gasteiger partial charge < -0.3 is 10.2 Å². The van der Waals surface area contributed by atoms with Gasteiger partial charge in [0.05, 0.1) is 22.9 Å². The van der Waals surface area contributed by atoms with Gasteiger partial charge >= 0.3 is 0 Å². The molecule has 1 aliphatic heterocycles. The fraction of sp³-hybridized carbons (Fsp3) is 0.412. The quantitative estimate of drug-likeness (QED) is 0.924. The molecule has 7 heteroatoms. The summed E-state index contributed by atoms with van der Waals surface area (Å²) in [6.45, 7) is 4.57. The van der Waals surface area contributed by atoms with E-state index in [0.717, 1.165) is 36.3 Å². The summed E-state index contributed by atoms with van der Waals surface area (Å²) in [6, 6.07) is 3.92. The van der Waals surface area contributed by atoms with E-state index in [1.165, 1.54) is 18.3 Å².